The van der Waals surface area contributed by atoms with E-state index in [0.29, 0.717) is 6.61 Å². The van der Waals surface area contributed by atoms with Crippen LogP contribution in [0.25, 0.3) is 0 Å². The molecule has 2 unspecified atom stereocenters. The van der Waals surface area contributed by atoms with Crippen molar-refractivity contribution in [2.24, 2.45) is 0 Å². The van der Waals surface area contributed by atoms with Crippen LogP contribution in [0.15, 0.2) is 0 Å². The maximum atomic E-state index is 8.76. The lowest BCUT2D eigenvalue weighted by atomic mass is 10.2. The Morgan fingerprint density at radius 2 is 1.47 bits per heavy atom. The highest BCUT2D eigenvalue weighted by atomic mass is 16.5. The molecule has 0 aliphatic heterocycles. The van der Waals surface area contributed by atoms with Crippen LogP contribution >= 0.6 is 0 Å². The lowest BCUT2D eigenvalue weighted by molar-refractivity contribution is -0.0459. The Morgan fingerprint density at radius 3 is 1.95 bits per heavy atom. The molecule has 0 bridgehead atoms. The van der Waals surface area contributed by atoms with Crippen LogP contribution in [0.3, 0.4) is 0 Å². The second-order valence-electron chi connectivity index (χ2n) is 4.52. The standard InChI is InChI=1S/C12H26O3.C2H6O2/c1-4-5-6-7-8-14-12(3)10-15-11(2)9-13;3-1-2-4/h11-13H,4-10H2,1-3H3;3-4H,1-2H2. The fourth-order valence-corrected chi connectivity index (χ4v) is 1.21. The van der Waals surface area contributed by atoms with Crippen molar-refractivity contribution in [3.05, 3.63) is 0 Å². The molecule has 0 rings (SSSR count). The Labute approximate surface area is 117 Å². The molecule has 0 aromatic heterocycles. The first-order valence-electron chi connectivity index (χ1n) is 7.18. The summed E-state index contributed by atoms with van der Waals surface area (Å²) in [7, 11) is 0. The van der Waals surface area contributed by atoms with Gasteiger partial charge in [-0.2, -0.15) is 0 Å². The minimum absolute atomic E-state index is 0.0726. The average molecular weight is 280 g/mol. The minimum Gasteiger partial charge on any atom is -0.394 e. The fourth-order valence-electron chi connectivity index (χ4n) is 1.21. The quantitative estimate of drug-likeness (QED) is 0.498. The van der Waals surface area contributed by atoms with E-state index in [4.69, 9.17) is 24.8 Å². The summed E-state index contributed by atoms with van der Waals surface area (Å²) in [6.07, 6.45) is 4.96. The van der Waals surface area contributed by atoms with E-state index < -0.39 is 0 Å². The molecule has 0 aliphatic carbocycles. The molecule has 118 valence electrons. The number of hydrogen-bond donors (Lipinski definition) is 3. The van der Waals surface area contributed by atoms with Crippen molar-refractivity contribution in [2.45, 2.75) is 58.7 Å². The van der Waals surface area contributed by atoms with Gasteiger partial charge in [0, 0.05) is 6.61 Å². The molecule has 0 saturated carbocycles. The number of rotatable bonds is 11. The Balaban J connectivity index is 0. The van der Waals surface area contributed by atoms with Crippen molar-refractivity contribution in [2.75, 3.05) is 33.0 Å². The van der Waals surface area contributed by atoms with E-state index in [9.17, 15) is 0 Å². The van der Waals surface area contributed by atoms with Gasteiger partial charge in [0.15, 0.2) is 0 Å². The van der Waals surface area contributed by atoms with Crippen LogP contribution in [0.2, 0.25) is 0 Å². The van der Waals surface area contributed by atoms with Gasteiger partial charge >= 0.3 is 0 Å². The first kappa shape index (κ1) is 21.1. The van der Waals surface area contributed by atoms with E-state index in [1.54, 1.807) is 0 Å². The van der Waals surface area contributed by atoms with E-state index >= 15 is 0 Å². The predicted molar refractivity (Wildman–Crippen MR) is 76.2 cm³/mol. The third kappa shape index (κ3) is 20.3. The molecule has 0 radical (unpaired) electrons. The number of aliphatic hydroxyl groups excluding tert-OH is 3. The van der Waals surface area contributed by atoms with Gasteiger partial charge in [-0.25, -0.2) is 0 Å². The third-order valence-corrected chi connectivity index (χ3v) is 2.37. The molecule has 3 N–H and O–H groups in total. The number of aliphatic hydroxyl groups is 3. The zero-order chi connectivity index (χ0) is 14.9. The Morgan fingerprint density at radius 1 is 0.842 bits per heavy atom. The molecule has 2 atom stereocenters. The molecule has 0 aromatic rings. The van der Waals surface area contributed by atoms with Crippen molar-refractivity contribution in [1.82, 2.24) is 0 Å². The molecule has 0 aromatic carbocycles. The van der Waals surface area contributed by atoms with Crippen molar-refractivity contribution < 1.29 is 24.8 Å². The highest BCUT2D eigenvalue weighted by molar-refractivity contribution is 4.51. The van der Waals surface area contributed by atoms with Crippen LogP contribution in [-0.2, 0) is 9.47 Å². The number of hydrogen-bond acceptors (Lipinski definition) is 5. The van der Waals surface area contributed by atoms with E-state index in [0.717, 1.165) is 13.0 Å². The summed E-state index contributed by atoms with van der Waals surface area (Å²) < 4.78 is 10.9. The highest BCUT2D eigenvalue weighted by Crippen LogP contribution is 2.02. The van der Waals surface area contributed by atoms with E-state index in [2.05, 4.69) is 6.92 Å². The average Bonchev–Trinajstić information content (AvgIpc) is 2.44. The van der Waals surface area contributed by atoms with Crippen molar-refractivity contribution >= 4 is 0 Å². The summed E-state index contributed by atoms with van der Waals surface area (Å²) in [6.45, 7) is 7.27. The van der Waals surface area contributed by atoms with Gasteiger partial charge in [-0.15, -0.1) is 0 Å². The maximum absolute atomic E-state index is 8.76. The smallest absolute Gasteiger partial charge is 0.0780 e. The molecule has 19 heavy (non-hydrogen) atoms. The molecule has 0 heterocycles. The second-order valence-corrected chi connectivity index (χ2v) is 4.52. The van der Waals surface area contributed by atoms with Crippen LogP contribution in [0.5, 0.6) is 0 Å². The first-order chi connectivity index (χ1) is 9.12. The summed E-state index contributed by atoms with van der Waals surface area (Å²) in [5, 5.41) is 24.0. The normalized spacial score (nSPS) is 13.6. The second kappa shape index (κ2) is 17.8. The van der Waals surface area contributed by atoms with Gasteiger partial charge in [0.05, 0.1) is 38.6 Å². The summed E-state index contributed by atoms with van der Waals surface area (Å²) in [4.78, 5) is 0. The van der Waals surface area contributed by atoms with Crippen molar-refractivity contribution in [1.29, 1.82) is 0 Å². The Bertz CT molecular complexity index is 153. The zero-order valence-electron chi connectivity index (χ0n) is 12.7. The van der Waals surface area contributed by atoms with Gasteiger partial charge in [0.1, 0.15) is 0 Å². The molecule has 0 aliphatic rings. The van der Waals surface area contributed by atoms with E-state index in [-0.39, 0.29) is 32.0 Å². The van der Waals surface area contributed by atoms with Gasteiger partial charge in [-0.1, -0.05) is 26.2 Å². The van der Waals surface area contributed by atoms with E-state index in [1.807, 2.05) is 13.8 Å². The fraction of sp³-hybridized carbons (Fsp3) is 1.00. The third-order valence-electron chi connectivity index (χ3n) is 2.37. The maximum Gasteiger partial charge on any atom is 0.0780 e. The SMILES string of the molecule is CCCCCCOC(C)COC(C)CO.OCCO. The number of ether oxygens (including phenoxy) is 2. The highest BCUT2D eigenvalue weighted by Gasteiger charge is 2.05. The molecule has 0 fully saturated rings. The van der Waals surface area contributed by atoms with Crippen LogP contribution in [-0.4, -0.2) is 60.6 Å². The predicted octanol–water partition coefficient (Wildman–Crippen LogP) is 1.34. The van der Waals surface area contributed by atoms with Gasteiger partial charge in [-0.05, 0) is 20.3 Å². The minimum atomic E-state index is -0.125. The van der Waals surface area contributed by atoms with Gasteiger partial charge in [0.2, 0.25) is 0 Å². The van der Waals surface area contributed by atoms with Crippen LogP contribution < -0.4 is 0 Å². The van der Waals surface area contributed by atoms with Crippen molar-refractivity contribution in [3.8, 4) is 0 Å². The summed E-state index contributed by atoms with van der Waals surface area (Å²) in [6, 6.07) is 0. The summed E-state index contributed by atoms with van der Waals surface area (Å²) in [5.41, 5.74) is 0. The Kier molecular flexibility index (Phi) is 19.8. The molecular weight excluding hydrogens is 248 g/mol. The van der Waals surface area contributed by atoms with Gasteiger partial charge < -0.3 is 24.8 Å². The van der Waals surface area contributed by atoms with Crippen LogP contribution in [0, 0.1) is 0 Å². The van der Waals surface area contributed by atoms with Crippen LogP contribution in [0.4, 0.5) is 0 Å². The van der Waals surface area contributed by atoms with Gasteiger partial charge in [-0.3, -0.25) is 0 Å². The molecule has 0 spiro atoms. The topological polar surface area (TPSA) is 79.2 Å². The van der Waals surface area contributed by atoms with E-state index in [1.165, 1.54) is 19.3 Å². The first-order valence-corrected chi connectivity index (χ1v) is 7.18. The zero-order valence-corrected chi connectivity index (χ0v) is 12.7. The monoisotopic (exact) mass is 280 g/mol. The molecule has 0 saturated heterocycles. The summed E-state index contributed by atoms with van der Waals surface area (Å²) in [5.74, 6) is 0. The largest absolute Gasteiger partial charge is 0.394 e. The summed E-state index contributed by atoms with van der Waals surface area (Å²) >= 11 is 0. The lowest BCUT2D eigenvalue weighted by Gasteiger charge is -2.16. The number of unbranched alkanes of at least 4 members (excludes halogenated alkanes) is 3. The lowest BCUT2D eigenvalue weighted by Crippen LogP contribution is -2.22. The molecule has 5 heteroatoms. The van der Waals surface area contributed by atoms with Crippen molar-refractivity contribution in [3.63, 3.8) is 0 Å². The molecule has 0 amide bonds. The molecule has 5 nitrogen and oxygen atoms in total. The van der Waals surface area contributed by atoms with Crippen LogP contribution in [0.1, 0.15) is 46.5 Å². The molecular formula is C14H32O5. The Hall–Kier alpha value is -0.200. The van der Waals surface area contributed by atoms with Gasteiger partial charge in [0.25, 0.3) is 0 Å².